The molecular formula is C16H15N3. The van der Waals surface area contributed by atoms with E-state index in [0.717, 1.165) is 28.0 Å². The molecular weight excluding hydrogens is 234 g/mol. The predicted octanol–water partition coefficient (Wildman–Crippen LogP) is 3.99. The molecule has 3 aromatic rings. The van der Waals surface area contributed by atoms with Crippen LogP contribution in [0.15, 0.2) is 48.5 Å². The second kappa shape index (κ2) is 4.69. The van der Waals surface area contributed by atoms with Crippen LogP contribution in [0.3, 0.4) is 0 Å². The molecule has 0 atom stereocenters. The molecule has 0 radical (unpaired) electrons. The van der Waals surface area contributed by atoms with Gasteiger partial charge in [0.05, 0.1) is 5.52 Å². The van der Waals surface area contributed by atoms with E-state index in [1.807, 2.05) is 36.4 Å². The molecule has 0 unspecified atom stereocenters. The molecule has 0 fully saturated rings. The highest BCUT2D eigenvalue weighted by molar-refractivity contribution is 5.85. The number of aromatic nitrogens is 2. The molecule has 0 saturated carbocycles. The maximum atomic E-state index is 4.28. The Bertz CT molecular complexity index is 735. The Morgan fingerprint density at radius 2 is 1.58 bits per heavy atom. The van der Waals surface area contributed by atoms with E-state index < -0.39 is 0 Å². The molecule has 3 rings (SSSR count). The van der Waals surface area contributed by atoms with Gasteiger partial charge >= 0.3 is 0 Å². The van der Waals surface area contributed by atoms with Crippen molar-refractivity contribution >= 4 is 22.4 Å². The first-order valence-electron chi connectivity index (χ1n) is 6.30. The first kappa shape index (κ1) is 11.7. The number of para-hydroxylation sites is 1. The Morgan fingerprint density at radius 1 is 0.842 bits per heavy atom. The summed E-state index contributed by atoms with van der Waals surface area (Å²) in [5.41, 5.74) is 4.30. The summed E-state index contributed by atoms with van der Waals surface area (Å²) in [6.45, 7) is 4.14. The van der Waals surface area contributed by atoms with Crippen molar-refractivity contribution in [1.82, 2.24) is 10.2 Å². The van der Waals surface area contributed by atoms with E-state index in [1.165, 1.54) is 5.56 Å². The van der Waals surface area contributed by atoms with Crippen LogP contribution in [0.2, 0.25) is 0 Å². The van der Waals surface area contributed by atoms with Crippen molar-refractivity contribution in [2.75, 3.05) is 5.32 Å². The molecule has 0 amide bonds. The van der Waals surface area contributed by atoms with Gasteiger partial charge in [-0.1, -0.05) is 36.4 Å². The van der Waals surface area contributed by atoms with E-state index in [2.05, 4.69) is 41.5 Å². The number of hydrogen-bond acceptors (Lipinski definition) is 3. The van der Waals surface area contributed by atoms with E-state index in [-0.39, 0.29) is 0 Å². The van der Waals surface area contributed by atoms with Crippen LogP contribution in [-0.4, -0.2) is 10.2 Å². The van der Waals surface area contributed by atoms with Gasteiger partial charge in [-0.15, -0.1) is 10.2 Å². The van der Waals surface area contributed by atoms with Gasteiger partial charge in [0.15, 0.2) is 5.82 Å². The van der Waals surface area contributed by atoms with Crippen LogP contribution >= 0.6 is 0 Å². The van der Waals surface area contributed by atoms with Gasteiger partial charge in [-0.3, -0.25) is 0 Å². The fraction of sp³-hybridized carbons (Fsp3) is 0.125. The smallest absolute Gasteiger partial charge is 0.156 e. The van der Waals surface area contributed by atoms with Crippen LogP contribution in [0.5, 0.6) is 0 Å². The van der Waals surface area contributed by atoms with E-state index in [9.17, 15) is 0 Å². The van der Waals surface area contributed by atoms with Gasteiger partial charge in [0, 0.05) is 16.6 Å². The fourth-order valence-electron chi connectivity index (χ4n) is 2.14. The Labute approximate surface area is 112 Å². The van der Waals surface area contributed by atoms with Crippen LogP contribution in [0.25, 0.3) is 10.9 Å². The highest BCUT2D eigenvalue weighted by Crippen LogP contribution is 2.25. The minimum atomic E-state index is 0.813. The Hall–Kier alpha value is -2.42. The third-order valence-electron chi connectivity index (χ3n) is 3.32. The van der Waals surface area contributed by atoms with Gasteiger partial charge in [-0.05, 0) is 31.5 Å². The third-order valence-corrected chi connectivity index (χ3v) is 3.32. The quantitative estimate of drug-likeness (QED) is 0.746. The molecule has 1 aromatic heterocycles. The minimum Gasteiger partial charge on any atom is -0.338 e. The largest absolute Gasteiger partial charge is 0.338 e. The highest BCUT2D eigenvalue weighted by atomic mass is 15.2. The molecule has 0 saturated heterocycles. The maximum Gasteiger partial charge on any atom is 0.156 e. The fourth-order valence-corrected chi connectivity index (χ4v) is 2.14. The van der Waals surface area contributed by atoms with E-state index in [0.29, 0.717) is 0 Å². The van der Waals surface area contributed by atoms with Crippen LogP contribution < -0.4 is 5.32 Å². The number of anilines is 2. The molecule has 19 heavy (non-hydrogen) atoms. The predicted molar refractivity (Wildman–Crippen MR) is 78.7 cm³/mol. The lowest BCUT2D eigenvalue weighted by Crippen LogP contribution is -2.00. The van der Waals surface area contributed by atoms with Crippen LogP contribution in [0.1, 0.15) is 11.1 Å². The van der Waals surface area contributed by atoms with E-state index in [1.54, 1.807) is 0 Å². The van der Waals surface area contributed by atoms with Gasteiger partial charge in [-0.2, -0.15) is 0 Å². The topological polar surface area (TPSA) is 37.8 Å². The molecule has 0 aliphatic rings. The van der Waals surface area contributed by atoms with Crippen molar-refractivity contribution in [1.29, 1.82) is 0 Å². The average molecular weight is 249 g/mol. The number of fused-ring (bicyclic) bond motifs is 1. The van der Waals surface area contributed by atoms with Gasteiger partial charge in [0.2, 0.25) is 0 Å². The van der Waals surface area contributed by atoms with E-state index in [4.69, 9.17) is 0 Å². The maximum absolute atomic E-state index is 4.28. The van der Waals surface area contributed by atoms with Crippen molar-refractivity contribution in [3.63, 3.8) is 0 Å². The number of nitrogens with zero attached hydrogens (tertiary/aromatic N) is 2. The lowest BCUT2D eigenvalue weighted by atomic mass is 10.1. The second-order valence-electron chi connectivity index (χ2n) is 4.63. The van der Waals surface area contributed by atoms with Crippen molar-refractivity contribution in [3.05, 3.63) is 59.7 Å². The Balaban J connectivity index is 2.07. The van der Waals surface area contributed by atoms with Gasteiger partial charge < -0.3 is 5.32 Å². The number of nitrogens with one attached hydrogen (secondary N) is 1. The molecule has 0 aliphatic carbocycles. The first-order chi connectivity index (χ1) is 9.25. The lowest BCUT2D eigenvalue weighted by molar-refractivity contribution is 1.06. The zero-order chi connectivity index (χ0) is 13.2. The molecule has 94 valence electrons. The van der Waals surface area contributed by atoms with Gasteiger partial charge in [-0.25, -0.2) is 0 Å². The molecule has 1 heterocycles. The standard InChI is InChI=1S/C16H15N3/c1-11-7-3-5-9-14(11)17-16-12(2)13-8-4-6-10-15(13)18-19-16/h3-10H,1-2H3,(H,17,19). The zero-order valence-electron chi connectivity index (χ0n) is 11.0. The molecule has 0 aliphatic heterocycles. The van der Waals surface area contributed by atoms with E-state index >= 15 is 0 Å². The highest BCUT2D eigenvalue weighted by Gasteiger charge is 2.07. The SMILES string of the molecule is Cc1ccccc1Nc1nnc2ccccc2c1C. The lowest BCUT2D eigenvalue weighted by Gasteiger charge is -2.11. The summed E-state index contributed by atoms with van der Waals surface area (Å²) >= 11 is 0. The summed E-state index contributed by atoms with van der Waals surface area (Å²) < 4.78 is 0. The van der Waals surface area contributed by atoms with Gasteiger partial charge in [0.1, 0.15) is 0 Å². The normalized spacial score (nSPS) is 10.6. The molecule has 1 N–H and O–H groups in total. The summed E-state index contributed by atoms with van der Waals surface area (Å²) in [4.78, 5) is 0. The number of rotatable bonds is 2. The van der Waals surface area contributed by atoms with Crippen LogP contribution in [0.4, 0.5) is 11.5 Å². The Kier molecular flexibility index (Phi) is 2.88. The number of hydrogen-bond donors (Lipinski definition) is 1. The first-order valence-corrected chi connectivity index (χ1v) is 6.30. The molecule has 3 nitrogen and oxygen atoms in total. The zero-order valence-corrected chi connectivity index (χ0v) is 11.0. The molecule has 0 bridgehead atoms. The number of aryl methyl sites for hydroxylation is 2. The van der Waals surface area contributed by atoms with Crippen LogP contribution in [-0.2, 0) is 0 Å². The van der Waals surface area contributed by atoms with Crippen molar-refractivity contribution in [2.24, 2.45) is 0 Å². The summed E-state index contributed by atoms with van der Waals surface area (Å²) in [7, 11) is 0. The van der Waals surface area contributed by atoms with Crippen molar-refractivity contribution in [2.45, 2.75) is 13.8 Å². The van der Waals surface area contributed by atoms with Gasteiger partial charge in [0.25, 0.3) is 0 Å². The van der Waals surface area contributed by atoms with Crippen molar-refractivity contribution in [3.8, 4) is 0 Å². The minimum absolute atomic E-state index is 0.813. The molecule has 2 aromatic carbocycles. The second-order valence-corrected chi connectivity index (χ2v) is 4.63. The summed E-state index contributed by atoms with van der Waals surface area (Å²) in [6.07, 6.45) is 0. The summed E-state index contributed by atoms with van der Waals surface area (Å²) in [5, 5.41) is 13.0. The molecule has 3 heteroatoms. The monoisotopic (exact) mass is 249 g/mol. The summed E-state index contributed by atoms with van der Waals surface area (Å²) in [5.74, 6) is 0.813. The van der Waals surface area contributed by atoms with Crippen LogP contribution in [0, 0.1) is 13.8 Å². The Morgan fingerprint density at radius 3 is 2.42 bits per heavy atom. The number of benzene rings is 2. The summed E-state index contributed by atoms with van der Waals surface area (Å²) in [6, 6.07) is 16.2. The third kappa shape index (κ3) is 2.15. The average Bonchev–Trinajstić information content (AvgIpc) is 2.44. The molecule has 0 spiro atoms. The van der Waals surface area contributed by atoms with Crippen molar-refractivity contribution < 1.29 is 0 Å².